The van der Waals surface area contributed by atoms with Crippen molar-refractivity contribution in [1.82, 2.24) is 9.62 Å². The Morgan fingerprint density at radius 1 is 1.50 bits per heavy atom. The summed E-state index contributed by atoms with van der Waals surface area (Å²) < 4.78 is 39.7. The zero-order valence-electron chi connectivity index (χ0n) is 12.8. The molecule has 2 rings (SSSR count). The molecule has 0 radical (unpaired) electrons. The average Bonchev–Trinajstić information content (AvgIpc) is 2.37. The molecule has 0 saturated carbocycles. The minimum absolute atomic E-state index is 0.0453. The van der Waals surface area contributed by atoms with Crippen molar-refractivity contribution in [2.45, 2.75) is 25.8 Å². The van der Waals surface area contributed by atoms with Crippen LogP contribution in [0.2, 0.25) is 0 Å². The summed E-state index contributed by atoms with van der Waals surface area (Å²) in [7, 11) is -2.19. The van der Waals surface area contributed by atoms with Gasteiger partial charge < -0.3 is 5.32 Å². The smallest absolute Gasteiger partial charge is 0.238 e. The standard InChI is InChI=1S/C15H19FN2O3S/c1-10(19)7-12-5-6-14(16)13(8-12)15(3)9-22(20,21)18(4)11(2)17-15/h5-6,8,17H,2,7,9H2,1,3-4H3/t15-/m0/s1. The lowest BCUT2D eigenvalue weighted by Crippen LogP contribution is -2.56. The van der Waals surface area contributed by atoms with Crippen LogP contribution >= 0.6 is 0 Å². The van der Waals surface area contributed by atoms with Gasteiger partial charge in [0.05, 0.1) is 11.3 Å². The molecule has 1 aromatic carbocycles. The molecule has 0 amide bonds. The monoisotopic (exact) mass is 326 g/mol. The molecule has 0 spiro atoms. The Kier molecular flexibility index (Phi) is 4.04. The van der Waals surface area contributed by atoms with Crippen LogP contribution in [0.4, 0.5) is 4.39 Å². The number of Topliss-reactive ketones (excluding diaryl/α,β-unsaturated/α-hetero) is 1. The van der Waals surface area contributed by atoms with Crippen LogP contribution in [0.25, 0.3) is 0 Å². The summed E-state index contributed by atoms with van der Waals surface area (Å²) in [5.74, 6) is -0.674. The number of hydrogen-bond donors (Lipinski definition) is 1. The second-order valence-corrected chi connectivity index (χ2v) is 7.82. The van der Waals surface area contributed by atoms with E-state index >= 15 is 0 Å². The van der Waals surface area contributed by atoms with Crippen molar-refractivity contribution in [3.8, 4) is 0 Å². The van der Waals surface area contributed by atoms with Gasteiger partial charge in [0.15, 0.2) is 0 Å². The average molecular weight is 326 g/mol. The first-order valence-electron chi connectivity index (χ1n) is 6.77. The number of nitrogens with zero attached hydrogens (tertiary/aromatic N) is 1. The zero-order chi connectivity index (χ0) is 16.7. The minimum Gasteiger partial charge on any atom is -0.361 e. The van der Waals surface area contributed by atoms with Gasteiger partial charge in [-0.2, -0.15) is 0 Å². The second kappa shape index (κ2) is 5.39. The molecule has 1 aliphatic heterocycles. The van der Waals surface area contributed by atoms with Crippen LogP contribution in [0.3, 0.4) is 0 Å². The molecule has 0 aliphatic carbocycles. The van der Waals surface area contributed by atoms with E-state index in [1.54, 1.807) is 6.92 Å². The molecule has 1 atom stereocenters. The molecular weight excluding hydrogens is 307 g/mol. The molecule has 1 saturated heterocycles. The fourth-order valence-electron chi connectivity index (χ4n) is 2.60. The van der Waals surface area contributed by atoms with Gasteiger partial charge in [0.2, 0.25) is 10.0 Å². The first-order chi connectivity index (χ1) is 10.0. The predicted octanol–water partition coefficient (Wildman–Crippen LogP) is 1.51. The van der Waals surface area contributed by atoms with Crippen molar-refractivity contribution in [3.63, 3.8) is 0 Å². The van der Waals surface area contributed by atoms with Gasteiger partial charge in [-0.25, -0.2) is 12.8 Å². The maximum Gasteiger partial charge on any atom is 0.238 e. The SMILES string of the molecule is C=C1N[C@](C)(c2cc(CC(C)=O)ccc2F)CS(=O)(=O)N1C. The van der Waals surface area contributed by atoms with Crippen LogP contribution in [0.1, 0.15) is 25.0 Å². The van der Waals surface area contributed by atoms with E-state index in [1.807, 2.05) is 0 Å². The Morgan fingerprint density at radius 2 is 2.14 bits per heavy atom. The molecule has 1 aromatic rings. The van der Waals surface area contributed by atoms with Gasteiger partial charge in [-0.15, -0.1) is 0 Å². The molecule has 1 heterocycles. The molecule has 1 aliphatic rings. The Hall–Kier alpha value is -1.89. The Labute approximate surface area is 129 Å². The molecule has 0 bridgehead atoms. The van der Waals surface area contributed by atoms with Gasteiger partial charge in [-0.1, -0.05) is 18.7 Å². The van der Waals surface area contributed by atoms with Gasteiger partial charge in [0.25, 0.3) is 0 Å². The third-order valence-electron chi connectivity index (χ3n) is 3.77. The van der Waals surface area contributed by atoms with E-state index in [9.17, 15) is 17.6 Å². The summed E-state index contributed by atoms with van der Waals surface area (Å²) >= 11 is 0. The van der Waals surface area contributed by atoms with Gasteiger partial charge in [-0.3, -0.25) is 9.10 Å². The fourth-order valence-corrected chi connectivity index (χ4v) is 4.13. The van der Waals surface area contributed by atoms with Crippen LogP contribution in [0.15, 0.2) is 30.6 Å². The molecular formula is C15H19FN2O3S. The molecule has 1 N–H and O–H groups in total. The van der Waals surface area contributed by atoms with Crippen molar-refractivity contribution in [2.24, 2.45) is 0 Å². The van der Waals surface area contributed by atoms with Crippen LogP contribution in [-0.2, 0) is 26.8 Å². The quantitative estimate of drug-likeness (QED) is 0.914. The Morgan fingerprint density at radius 3 is 2.68 bits per heavy atom. The second-order valence-electron chi connectivity index (χ2n) is 5.82. The zero-order valence-corrected chi connectivity index (χ0v) is 13.6. The highest BCUT2D eigenvalue weighted by Crippen LogP contribution is 2.32. The molecule has 0 aromatic heterocycles. The number of sulfonamides is 1. The molecule has 5 nitrogen and oxygen atoms in total. The molecule has 22 heavy (non-hydrogen) atoms. The minimum atomic E-state index is -3.58. The lowest BCUT2D eigenvalue weighted by atomic mass is 9.91. The van der Waals surface area contributed by atoms with Crippen LogP contribution in [0, 0.1) is 5.82 Å². The number of rotatable bonds is 3. The topological polar surface area (TPSA) is 66.5 Å². The fraction of sp³-hybridized carbons (Fsp3) is 0.400. The molecule has 0 unspecified atom stereocenters. The molecule has 120 valence electrons. The number of nitrogens with one attached hydrogen (secondary N) is 1. The number of carbonyl (C=O) groups is 1. The Balaban J connectivity index is 2.50. The van der Waals surface area contributed by atoms with E-state index in [2.05, 4.69) is 11.9 Å². The summed E-state index contributed by atoms with van der Waals surface area (Å²) in [5.41, 5.74) is -0.280. The van der Waals surface area contributed by atoms with Crippen molar-refractivity contribution < 1.29 is 17.6 Å². The normalized spacial score (nSPS) is 24.0. The van der Waals surface area contributed by atoms with Gasteiger partial charge in [-0.05, 0) is 25.5 Å². The summed E-state index contributed by atoms with van der Waals surface area (Å²) in [6.07, 6.45) is 0.178. The highest BCUT2D eigenvalue weighted by Gasteiger charge is 2.42. The van der Waals surface area contributed by atoms with Crippen LogP contribution in [-0.4, -0.2) is 31.3 Å². The van der Waals surface area contributed by atoms with Crippen molar-refractivity contribution in [2.75, 3.05) is 12.8 Å². The number of ketones is 1. The maximum absolute atomic E-state index is 14.2. The van der Waals surface area contributed by atoms with Gasteiger partial charge in [0.1, 0.15) is 17.4 Å². The predicted molar refractivity (Wildman–Crippen MR) is 82.0 cm³/mol. The molecule has 7 heteroatoms. The van der Waals surface area contributed by atoms with Crippen LogP contribution < -0.4 is 5.32 Å². The van der Waals surface area contributed by atoms with E-state index in [1.165, 1.54) is 32.2 Å². The third-order valence-corrected chi connectivity index (χ3v) is 5.76. The van der Waals surface area contributed by atoms with Crippen LogP contribution in [0.5, 0.6) is 0 Å². The van der Waals surface area contributed by atoms with E-state index in [4.69, 9.17) is 0 Å². The summed E-state index contributed by atoms with van der Waals surface area (Å²) in [6, 6.07) is 4.33. The summed E-state index contributed by atoms with van der Waals surface area (Å²) in [4.78, 5) is 11.2. The van der Waals surface area contributed by atoms with Crippen molar-refractivity contribution in [3.05, 3.63) is 47.5 Å². The lowest BCUT2D eigenvalue weighted by Gasteiger charge is -2.41. The largest absolute Gasteiger partial charge is 0.361 e. The number of hydrogen-bond acceptors (Lipinski definition) is 4. The summed E-state index contributed by atoms with van der Waals surface area (Å²) in [5, 5.41) is 2.96. The molecule has 1 fully saturated rings. The van der Waals surface area contributed by atoms with E-state index in [0.29, 0.717) is 5.56 Å². The van der Waals surface area contributed by atoms with E-state index < -0.39 is 21.4 Å². The first kappa shape index (κ1) is 16.5. The van der Waals surface area contributed by atoms with E-state index in [-0.39, 0.29) is 29.3 Å². The number of benzene rings is 1. The first-order valence-corrected chi connectivity index (χ1v) is 8.38. The highest BCUT2D eigenvalue weighted by molar-refractivity contribution is 7.89. The third kappa shape index (κ3) is 2.99. The maximum atomic E-state index is 14.2. The highest BCUT2D eigenvalue weighted by atomic mass is 32.2. The van der Waals surface area contributed by atoms with E-state index in [0.717, 1.165) is 4.31 Å². The van der Waals surface area contributed by atoms with Crippen molar-refractivity contribution >= 4 is 15.8 Å². The number of halogens is 1. The number of carbonyl (C=O) groups excluding carboxylic acids is 1. The van der Waals surface area contributed by atoms with Gasteiger partial charge in [0, 0.05) is 19.0 Å². The lowest BCUT2D eigenvalue weighted by molar-refractivity contribution is -0.116. The van der Waals surface area contributed by atoms with Gasteiger partial charge >= 0.3 is 0 Å². The van der Waals surface area contributed by atoms with Crippen molar-refractivity contribution in [1.29, 1.82) is 0 Å². The Bertz CT molecular complexity index is 745. The summed E-state index contributed by atoms with van der Waals surface area (Å²) in [6.45, 7) is 6.73.